The maximum absolute atomic E-state index is 11.5. The van der Waals surface area contributed by atoms with Gasteiger partial charge in [0.2, 0.25) is 0 Å². The van der Waals surface area contributed by atoms with Gasteiger partial charge in [-0.25, -0.2) is 4.79 Å². The van der Waals surface area contributed by atoms with Crippen LogP contribution in [0.25, 0.3) is 17.0 Å². The highest BCUT2D eigenvalue weighted by Crippen LogP contribution is 2.41. The number of carbonyl (C=O) groups is 1. The van der Waals surface area contributed by atoms with Crippen molar-refractivity contribution < 1.29 is 23.4 Å². The summed E-state index contributed by atoms with van der Waals surface area (Å²) < 4.78 is 22.6. The molecule has 0 bridgehead atoms. The average molecular weight is 364 g/mol. The van der Waals surface area contributed by atoms with Gasteiger partial charge in [0.05, 0.1) is 17.2 Å². The maximum Gasteiger partial charge on any atom is 0.334 e. The van der Waals surface area contributed by atoms with Crippen molar-refractivity contribution in [2.75, 3.05) is 6.61 Å². The highest BCUT2D eigenvalue weighted by atomic mass is 16.5. The Morgan fingerprint density at radius 1 is 1.37 bits per heavy atom. The molecule has 3 heterocycles. The van der Waals surface area contributed by atoms with Crippen molar-refractivity contribution in [3.63, 3.8) is 0 Å². The first-order chi connectivity index (χ1) is 13.0. The molecule has 1 atom stereocenters. The third-order valence-electron chi connectivity index (χ3n) is 4.59. The molecule has 2 aliphatic heterocycles. The highest BCUT2D eigenvalue weighted by molar-refractivity contribution is 5.92. The van der Waals surface area contributed by atoms with Crippen LogP contribution in [0.3, 0.4) is 0 Å². The molecule has 0 amide bonds. The van der Waals surface area contributed by atoms with E-state index in [2.05, 4.69) is 6.58 Å². The van der Waals surface area contributed by atoms with E-state index in [9.17, 15) is 4.79 Å². The number of cyclic esters (lactones) is 1. The fraction of sp³-hybridized carbons (Fsp3) is 0.227. The minimum absolute atomic E-state index is 0.193. The minimum Gasteiger partial charge on any atom is -0.488 e. The van der Waals surface area contributed by atoms with E-state index in [0.717, 1.165) is 16.5 Å². The summed E-state index contributed by atoms with van der Waals surface area (Å²) in [6, 6.07) is 3.72. The van der Waals surface area contributed by atoms with Gasteiger partial charge in [-0.05, 0) is 44.2 Å². The van der Waals surface area contributed by atoms with Crippen LogP contribution in [0, 0.1) is 0 Å². The molecule has 1 aromatic carbocycles. The number of esters is 1. The lowest BCUT2D eigenvalue weighted by atomic mass is 10.1. The number of carbonyl (C=O) groups excluding carboxylic acids is 1. The number of hydrogen-bond acceptors (Lipinski definition) is 5. The monoisotopic (exact) mass is 364 g/mol. The third kappa shape index (κ3) is 3.40. The third-order valence-corrected chi connectivity index (χ3v) is 4.59. The first-order valence-corrected chi connectivity index (χ1v) is 8.78. The normalized spacial score (nSPS) is 19.0. The van der Waals surface area contributed by atoms with Crippen LogP contribution in [0.1, 0.15) is 25.8 Å². The molecule has 0 radical (unpaired) electrons. The van der Waals surface area contributed by atoms with Crippen LogP contribution >= 0.6 is 0 Å². The second-order valence-electron chi connectivity index (χ2n) is 6.71. The van der Waals surface area contributed by atoms with Crippen molar-refractivity contribution in [2.24, 2.45) is 0 Å². The molecule has 4 rings (SSSR count). The number of allylic oxidation sites excluding steroid dienone is 1. The Labute approximate surface area is 157 Å². The van der Waals surface area contributed by atoms with E-state index < -0.39 is 0 Å². The number of benzene rings is 1. The summed E-state index contributed by atoms with van der Waals surface area (Å²) in [6.07, 6.45) is 9.69. The van der Waals surface area contributed by atoms with E-state index in [-0.39, 0.29) is 12.1 Å². The second kappa shape index (κ2) is 6.83. The van der Waals surface area contributed by atoms with Gasteiger partial charge in [-0.15, -0.1) is 0 Å². The van der Waals surface area contributed by atoms with Crippen LogP contribution in [0.4, 0.5) is 0 Å². The minimum atomic E-state index is -0.240. The fourth-order valence-electron chi connectivity index (χ4n) is 3.20. The van der Waals surface area contributed by atoms with E-state index in [4.69, 9.17) is 18.6 Å². The summed E-state index contributed by atoms with van der Waals surface area (Å²) in [5.74, 6) is 1.71. The van der Waals surface area contributed by atoms with Crippen molar-refractivity contribution in [1.29, 1.82) is 0 Å². The maximum atomic E-state index is 11.5. The molecule has 0 spiro atoms. The first kappa shape index (κ1) is 17.2. The molecule has 5 heteroatoms. The quantitative estimate of drug-likeness (QED) is 0.556. The lowest BCUT2D eigenvalue weighted by Gasteiger charge is -2.18. The summed E-state index contributed by atoms with van der Waals surface area (Å²) >= 11 is 0. The molecule has 5 nitrogen and oxygen atoms in total. The van der Waals surface area contributed by atoms with Gasteiger partial charge >= 0.3 is 5.97 Å². The van der Waals surface area contributed by atoms with Crippen LogP contribution in [0.5, 0.6) is 11.5 Å². The van der Waals surface area contributed by atoms with Gasteiger partial charge in [-0.3, -0.25) is 0 Å². The summed E-state index contributed by atoms with van der Waals surface area (Å²) in [5, 5.41) is 0.892. The van der Waals surface area contributed by atoms with Gasteiger partial charge in [0.1, 0.15) is 35.6 Å². The molecule has 1 unspecified atom stereocenters. The van der Waals surface area contributed by atoms with Gasteiger partial charge < -0.3 is 18.6 Å². The lowest BCUT2D eigenvalue weighted by molar-refractivity contribution is -0.139. The van der Waals surface area contributed by atoms with Crippen molar-refractivity contribution in [2.45, 2.75) is 26.4 Å². The molecule has 0 N–H and O–H groups in total. The SMILES string of the molecule is C=C1C=Cc2c(cc3occc3c2OC/C=C(\C)CC2C=C(C)C(=O)O2)O1. The zero-order chi connectivity index (χ0) is 19.0. The van der Waals surface area contributed by atoms with E-state index in [1.54, 1.807) is 13.2 Å². The van der Waals surface area contributed by atoms with E-state index in [1.165, 1.54) is 0 Å². The molecule has 0 aliphatic carbocycles. The first-order valence-electron chi connectivity index (χ1n) is 8.78. The number of fused-ring (bicyclic) bond motifs is 2. The van der Waals surface area contributed by atoms with Gasteiger partial charge in [0.15, 0.2) is 0 Å². The zero-order valence-corrected chi connectivity index (χ0v) is 15.3. The van der Waals surface area contributed by atoms with Crippen LogP contribution < -0.4 is 9.47 Å². The predicted molar refractivity (Wildman–Crippen MR) is 103 cm³/mol. The Morgan fingerprint density at radius 2 is 2.22 bits per heavy atom. The Hall–Kier alpha value is -3.21. The van der Waals surface area contributed by atoms with E-state index >= 15 is 0 Å². The molecule has 2 aromatic rings. The summed E-state index contributed by atoms with van der Waals surface area (Å²) in [6.45, 7) is 7.98. The van der Waals surface area contributed by atoms with E-state index in [1.807, 2.05) is 43.4 Å². The number of hydrogen-bond donors (Lipinski definition) is 0. The van der Waals surface area contributed by atoms with Crippen molar-refractivity contribution in [3.8, 4) is 11.5 Å². The standard InChI is InChI=1S/C22H20O5/c1-13(10-16-11-14(2)22(23)27-16)6-8-25-21-17-5-4-15(3)26-20(17)12-19-18(21)7-9-24-19/h4-7,9,11-12,16H,3,8,10H2,1-2H3/b13-6+. The van der Waals surface area contributed by atoms with Gasteiger partial charge in [-0.1, -0.05) is 12.2 Å². The number of rotatable bonds is 5. The van der Waals surface area contributed by atoms with Crippen molar-refractivity contribution in [3.05, 3.63) is 65.7 Å². The molecule has 138 valence electrons. The molecular weight excluding hydrogens is 344 g/mol. The van der Waals surface area contributed by atoms with E-state index in [0.29, 0.717) is 41.4 Å². The van der Waals surface area contributed by atoms with Gasteiger partial charge in [-0.2, -0.15) is 0 Å². The molecule has 2 aliphatic rings. The highest BCUT2D eigenvalue weighted by Gasteiger charge is 2.22. The lowest BCUT2D eigenvalue weighted by Crippen LogP contribution is -2.09. The molecule has 1 aromatic heterocycles. The molecule has 0 fully saturated rings. The molecule has 0 saturated heterocycles. The Bertz CT molecular complexity index is 1020. The molecular formula is C22H20O5. The topological polar surface area (TPSA) is 57.9 Å². The fourth-order valence-corrected chi connectivity index (χ4v) is 3.20. The zero-order valence-electron chi connectivity index (χ0n) is 15.3. The second-order valence-corrected chi connectivity index (χ2v) is 6.71. The summed E-state index contributed by atoms with van der Waals surface area (Å²) in [7, 11) is 0. The molecule has 0 saturated carbocycles. The Morgan fingerprint density at radius 3 is 3.00 bits per heavy atom. The van der Waals surface area contributed by atoms with Crippen LogP contribution in [0.15, 0.2) is 64.5 Å². The number of ether oxygens (including phenoxy) is 3. The van der Waals surface area contributed by atoms with Crippen LogP contribution in [-0.2, 0) is 9.53 Å². The van der Waals surface area contributed by atoms with Crippen LogP contribution in [0.2, 0.25) is 0 Å². The Kier molecular flexibility index (Phi) is 4.36. The average Bonchev–Trinajstić information content (AvgIpc) is 3.20. The molecule has 27 heavy (non-hydrogen) atoms. The van der Waals surface area contributed by atoms with Gasteiger partial charge in [0.25, 0.3) is 0 Å². The number of furan rings is 1. The predicted octanol–water partition coefficient (Wildman–Crippen LogP) is 4.94. The smallest absolute Gasteiger partial charge is 0.334 e. The summed E-state index contributed by atoms with van der Waals surface area (Å²) in [5.41, 5.74) is 3.32. The van der Waals surface area contributed by atoms with Gasteiger partial charge in [0, 0.05) is 18.1 Å². The van der Waals surface area contributed by atoms with Crippen molar-refractivity contribution in [1.82, 2.24) is 0 Å². The van der Waals surface area contributed by atoms with Crippen molar-refractivity contribution >= 4 is 23.0 Å². The summed E-state index contributed by atoms with van der Waals surface area (Å²) in [4.78, 5) is 11.5. The largest absolute Gasteiger partial charge is 0.488 e. The Balaban J connectivity index is 1.51. The van der Waals surface area contributed by atoms with Crippen LogP contribution in [-0.4, -0.2) is 18.7 Å².